The molecule has 22 heavy (non-hydrogen) atoms. The minimum Gasteiger partial charge on any atom is -0.294 e. The molecule has 0 aromatic heterocycles. The van der Waals surface area contributed by atoms with Crippen LogP contribution in [0.5, 0.6) is 0 Å². The van der Waals surface area contributed by atoms with Crippen LogP contribution in [-0.4, -0.2) is 20.1 Å². The van der Waals surface area contributed by atoms with Gasteiger partial charge in [-0.1, -0.05) is 49.0 Å². The lowest BCUT2D eigenvalue weighted by Gasteiger charge is -2.33. The van der Waals surface area contributed by atoms with Crippen molar-refractivity contribution in [2.45, 2.75) is 25.7 Å². The summed E-state index contributed by atoms with van der Waals surface area (Å²) in [6, 6.07) is 19.5. The minimum absolute atomic E-state index is 1.07. The number of likely N-dealkylation sites (tertiary alicyclic amines) is 1. The van der Waals surface area contributed by atoms with Gasteiger partial charge in [-0.25, -0.2) is 0 Å². The Bertz CT molecular complexity index is 634. The Morgan fingerprint density at radius 1 is 0.818 bits per heavy atom. The highest BCUT2D eigenvalue weighted by Gasteiger charge is 2.26. The third kappa shape index (κ3) is 3.15. The molecule has 1 heteroatoms. The van der Waals surface area contributed by atoms with Crippen LogP contribution in [0.25, 0.3) is 5.57 Å². The van der Waals surface area contributed by atoms with Crippen LogP contribution in [0.4, 0.5) is 5.69 Å². The van der Waals surface area contributed by atoms with Gasteiger partial charge in [0.05, 0.1) is 20.1 Å². The maximum absolute atomic E-state index is 4.32. The molecule has 1 heterocycles. The van der Waals surface area contributed by atoms with Crippen molar-refractivity contribution >= 4 is 11.3 Å². The van der Waals surface area contributed by atoms with Gasteiger partial charge in [0.25, 0.3) is 0 Å². The fraction of sp³-hybridized carbons (Fsp3) is 0.333. The zero-order valence-corrected chi connectivity index (χ0v) is 13.6. The third-order valence-electron chi connectivity index (χ3n) is 4.99. The van der Waals surface area contributed by atoms with Crippen LogP contribution >= 0.6 is 0 Å². The first kappa shape index (κ1) is 15.1. The van der Waals surface area contributed by atoms with Crippen molar-refractivity contribution < 1.29 is 0 Å². The molecule has 1 saturated heterocycles. The summed E-state index contributed by atoms with van der Waals surface area (Å²) < 4.78 is 1.07. The molecule has 2 aromatic carbocycles. The van der Waals surface area contributed by atoms with Crippen molar-refractivity contribution in [1.82, 2.24) is 4.48 Å². The molecule has 1 aliphatic rings. The Hall–Kier alpha value is -1.86. The van der Waals surface area contributed by atoms with E-state index in [4.69, 9.17) is 0 Å². The summed E-state index contributed by atoms with van der Waals surface area (Å²) in [6.45, 7) is 6.82. The SMILES string of the molecule is C=C(c1ccccc1)c1cccc([N+]2(C)CCCCCC2)c1. The molecule has 0 N–H and O–H groups in total. The normalized spacial score (nSPS) is 17.7. The van der Waals surface area contributed by atoms with E-state index in [2.05, 4.69) is 68.2 Å². The van der Waals surface area contributed by atoms with Gasteiger partial charge in [0.1, 0.15) is 5.69 Å². The van der Waals surface area contributed by atoms with Crippen molar-refractivity contribution in [2.24, 2.45) is 0 Å². The zero-order chi connectivity index (χ0) is 15.4. The average molecular weight is 292 g/mol. The van der Waals surface area contributed by atoms with E-state index in [-0.39, 0.29) is 0 Å². The Labute approximate surface area is 134 Å². The maximum Gasteiger partial charge on any atom is 0.133 e. The molecule has 0 spiro atoms. The molecule has 0 unspecified atom stereocenters. The van der Waals surface area contributed by atoms with Crippen LogP contribution in [0.3, 0.4) is 0 Å². The molecule has 0 bridgehead atoms. The summed E-state index contributed by atoms with van der Waals surface area (Å²) >= 11 is 0. The van der Waals surface area contributed by atoms with Gasteiger partial charge in [-0.05, 0) is 48.4 Å². The van der Waals surface area contributed by atoms with Gasteiger partial charge >= 0.3 is 0 Å². The standard InChI is InChI=1S/C21H26N/c1-18(19-11-6-5-7-12-19)20-13-10-14-21(17-20)22(2)15-8-3-4-9-16-22/h5-7,10-14,17H,1,3-4,8-9,15-16H2,2H3/q+1. The summed E-state index contributed by atoms with van der Waals surface area (Å²) in [5, 5.41) is 0. The second kappa shape index (κ2) is 6.50. The van der Waals surface area contributed by atoms with Gasteiger partial charge in [-0.2, -0.15) is 0 Å². The minimum atomic E-state index is 1.07. The largest absolute Gasteiger partial charge is 0.294 e. The maximum atomic E-state index is 4.32. The lowest BCUT2D eigenvalue weighted by molar-refractivity contribution is 0.342. The second-order valence-electron chi connectivity index (χ2n) is 6.65. The van der Waals surface area contributed by atoms with Crippen molar-refractivity contribution in [3.8, 4) is 0 Å². The predicted molar refractivity (Wildman–Crippen MR) is 96.9 cm³/mol. The molecule has 0 aliphatic carbocycles. The Kier molecular flexibility index (Phi) is 4.44. The van der Waals surface area contributed by atoms with Crippen LogP contribution in [0.1, 0.15) is 36.8 Å². The first-order valence-electron chi connectivity index (χ1n) is 8.39. The topological polar surface area (TPSA) is 0 Å². The third-order valence-corrected chi connectivity index (χ3v) is 4.99. The highest BCUT2D eigenvalue weighted by Crippen LogP contribution is 2.30. The van der Waals surface area contributed by atoms with E-state index in [1.54, 1.807) is 0 Å². The van der Waals surface area contributed by atoms with Crippen molar-refractivity contribution in [2.75, 3.05) is 20.1 Å². The van der Waals surface area contributed by atoms with Crippen LogP contribution in [0.2, 0.25) is 0 Å². The lowest BCUT2D eigenvalue weighted by Crippen LogP contribution is -2.45. The summed E-state index contributed by atoms with van der Waals surface area (Å²) in [5.41, 5.74) is 4.99. The monoisotopic (exact) mass is 292 g/mol. The van der Waals surface area contributed by atoms with Crippen molar-refractivity contribution in [3.63, 3.8) is 0 Å². The van der Waals surface area contributed by atoms with E-state index in [1.807, 2.05) is 0 Å². The summed E-state index contributed by atoms with van der Waals surface area (Å²) in [6.07, 6.45) is 5.43. The molecule has 0 amide bonds. The number of rotatable bonds is 3. The van der Waals surface area contributed by atoms with Gasteiger partial charge in [0.15, 0.2) is 0 Å². The Morgan fingerprint density at radius 3 is 2.14 bits per heavy atom. The summed E-state index contributed by atoms with van der Waals surface area (Å²) in [7, 11) is 2.38. The van der Waals surface area contributed by atoms with Gasteiger partial charge < -0.3 is 0 Å². The van der Waals surface area contributed by atoms with E-state index < -0.39 is 0 Å². The van der Waals surface area contributed by atoms with Gasteiger partial charge in [-0.3, -0.25) is 4.48 Å². The number of hydrogen-bond donors (Lipinski definition) is 0. The molecule has 2 aromatic rings. The van der Waals surface area contributed by atoms with Crippen LogP contribution in [-0.2, 0) is 0 Å². The van der Waals surface area contributed by atoms with E-state index >= 15 is 0 Å². The fourth-order valence-corrected chi connectivity index (χ4v) is 3.48. The lowest BCUT2D eigenvalue weighted by atomic mass is 9.99. The molecule has 1 nitrogen and oxygen atoms in total. The highest BCUT2D eigenvalue weighted by molar-refractivity contribution is 5.79. The molecular weight excluding hydrogens is 266 g/mol. The number of hydrogen-bond acceptors (Lipinski definition) is 0. The first-order valence-corrected chi connectivity index (χ1v) is 8.39. The quantitative estimate of drug-likeness (QED) is 0.677. The molecule has 0 radical (unpaired) electrons. The van der Waals surface area contributed by atoms with Crippen LogP contribution in [0.15, 0.2) is 61.2 Å². The number of nitrogens with zero attached hydrogens (tertiary/aromatic N) is 1. The van der Waals surface area contributed by atoms with E-state index in [0.717, 1.165) is 10.1 Å². The van der Waals surface area contributed by atoms with Crippen molar-refractivity contribution in [1.29, 1.82) is 0 Å². The van der Waals surface area contributed by atoms with Crippen LogP contribution < -0.4 is 4.48 Å². The van der Waals surface area contributed by atoms with Crippen LogP contribution in [0, 0.1) is 0 Å². The second-order valence-corrected chi connectivity index (χ2v) is 6.65. The van der Waals surface area contributed by atoms with Crippen molar-refractivity contribution in [3.05, 3.63) is 72.3 Å². The molecule has 1 fully saturated rings. The molecule has 114 valence electrons. The van der Waals surface area contributed by atoms with E-state index in [0.29, 0.717) is 0 Å². The Balaban J connectivity index is 1.91. The summed E-state index contributed by atoms with van der Waals surface area (Å²) in [4.78, 5) is 0. The van der Waals surface area contributed by atoms with E-state index in [1.165, 1.54) is 55.6 Å². The smallest absolute Gasteiger partial charge is 0.133 e. The zero-order valence-electron chi connectivity index (χ0n) is 13.6. The van der Waals surface area contributed by atoms with Gasteiger partial charge in [0, 0.05) is 6.07 Å². The predicted octanol–water partition coefficient (Wildman–Crippen LogP) is 5.26. The first-order chi connectivity index (χ1) is 10.7. The molecule has 3 rings (SSSR count). The number of benzene rings is 2. The highest BCUT2D eigenvalue weighted by atomic mass is 15.3. The Morgan fingerprint density at radius 2 is 1.45 bits per heavy atom. The molecule has 1 aliphatic heterocycles. The molecular formula is C21H26N+. The summed E-state index contributed by atoms with van der Waals surface area (Å²) in [5.74, 6) is 0. The molecule has 0 atom stereocenters. The van der Waals surface area contributed by atoms with E-state index in [9.17, 15) is 0 Å². The fourth-order valence-electron chi connectivity index (χ4n) is 3.48. The van der Waals surface area contributed by atoms with Gasteiger partial charge in [-0.15, -0.1) is 0 Å². The average Bonchev–Trinajstić information content (AvgIpc) is 2.81. The van der Waals surface area contributed by atoms with Gasteiger partial charge in [0.2, 0.25) is 0 Å². The number of quaternary nitrogens is 1. The molecule has 0 saturated carbocycles.